The van der Waals surface area contributed by atoms with E-state index in [1.54, 1.807) is 6.92 Å². The predicted molar refractivity (Wildman–Crippen MR) is 46.5 cm³/mol. The van der Waals surface area contributed by atoms with Crippen LogP contribution in [0.1, 0.15) is 5.69 Å². The Labute approximate surface area is 72.1 Å². The van der Waals surface area contributed by atoms with Crippen molar-refractivity contribution in [2.75, 3.05) is 5.73 Å². The fraction of sp³-hybridized carbons (Fsp3) is 0.143. The third-order valence-corrected chi connectivity index (χ3v) is 2.46. The summed E-state index contributed by atoms with van der Waals surface area (Å²) in [4.78, 5) is 7.74. The average Bonchev–Trinajstić information content (AvgIpc) is 2.39. The van der Waals surface area contributed by atoms with Gasteiger partial charge in [-0.05, 0) is 6.92 Å². The average molecular weight is 183 g/mol. The van der Waals surface area contributed by atoms with Gasteiger partial charge in [-0.15, -0.1) is 0 Å². The fourth-order valence-electron chi connectivity index (χ4n) is 0.973. The van der Waals surface area contributed by atoms with Crippen molar-refractivity contribution < 1.29 is 4.39 Å². The van der Waals surface area contributed by atoms with Crippen molar-refractivity contribution >= 4 is 26.7 Å². The Morgan fingerprint density at radius 1 is 1.58 bits per heavy atom. The number of aromatic nitrogens is 2. The number of thiazole rings is 1. The van der Waals surface area contributed by atoms with E-state index in [2.05, 4.69) is 9.97 Å². The summed E-state index contributed by atoms with van der Waals surface area (Å²) in [6.07, 6.45) is 1.53. The van der Waals surface area contributed by atoms with Gasteiger partial charge in [-0.25, -0.2) is 9.37 Å². The molecule has 0 aliphatic heterocycles. The molecule has 0 aromatic carbocycles. The van der Waals surface area contributed by atoms with E-state index < -0.39 is 0 Å². The van der Waals surface area contributed by atoms with Gasteiger partial charge >= 0.3 is 0 Å². The number of pyridine rings is 1. The summed E-state index contributed by atoms with van der Waals surface area (Å²) < 4.78 is 13.8. The van der Waals surface area contributed by atoms with Gasteiger partial charge in [0, 0.05) is 0 Å². The van der Waals surface area contributed by atoms with Gasteiger partial charge < -0.3 is 5.73 Å². The number of halogens is 1. The fourth-order valence-corrected chi connectivity index (χ4v) is 1.77. The SMILES string of the molecule is Cc1ncc2nc(N)sc2c1F. The largest absolute Gasteiger partial charge is 0.375 e. The first-order valence-electron chi connectivity index (χ1n) is 3.35. The molecule has 0 amide bonds. The van der Waals surface area contributed by atoms with Crippen molar-refractivity contribution in [2.24, 2.45) is 0 Å². The van der Waals surface area contributed by atoms with Crippen LogP contribution in [0.2, 0.25) is 0 Å². The van der Waals surface area contributed by atoms with Gasteiger partial charge in [-0.3, -0.25) is 4.98 Å². The molecule has 5 heteroatoms. The zero-order valence-corrected chi connectivity index (χ0v) is 7.15. The van der Waals surface area contributed by atoms with Crippen LogP contribution in [0.25, 0.3) is 10.2 Å². The molecule has 2 heterocycles. The van der Waals surface area contributed by atoms with E-state index in [0.717, 1.165) is 11.3 Å². The van der Waals surface area contributed by atoms with Crippen molar-refractivity contribution in [3.63, 3.8) is 0 Å². The van der Waals surface area contributed by atoms with Gasteiger partial charge in [0.15, 0.2) is 10.9 Å². The standard InChI is InChI=1S/C7H6FN3S/c1-3-5(8)6-4(2-10-3)11-7(9)12-6/h2H,1H3,(H2,9,11). The molecule has 0 atom stereocenters. The van der Waals surface area contributed by atoms with Crippen LogP contribution in [0.3, 0.4) is 0 Å². The minimum absolute atomic E-state index is 0.318. The second-order valence-corrected chi connectivity index (χ2v) is 3.45. The molecule has 0 bridgehead atoms. The number of hydrogen-bond acceptors (Lipinski definition) is 4. The lowest BCUT2D eigenvalue weighted by Crippen LogP contribution is -1.86. The smallest absolute Gasteiger partial charge is 0.181 e. The molecule has 0 spiro atoms. The molecule has 2 aromatic heterocycles. The molecule has 0 saturated heterocycles. The van der Waals surface area contributed by atoms with Gasteiger partial charge in [0.05, 0.1) is 16.6 Å². The summed E-state index contributed by atoms with van der Waals surface area (Å²) in [5.74, 6) is -0.318. The van der Waals surface area contributed by atoms with Gasteiger partial charge in [0.2, 0.25) is 0 Å². The van der Waals surface area contributed by atoms with E-state index in [0.29, 0.717) is 21.0 Å². The van der Waals surface area contributed by atoms with Gasteiger partial charge in [-0.1, -0.05) is 11.3 Å². The molecule has 2 N–H and O–H groups in total. The van der Waals surface area contributed by atoms with E-state index in [9.17, 15) is 4.39 Å². The normalized spacial score (nSPS) is 10.8. The number of rotatable bonds is 0. The van der Waals surface area contributed by atoms with Crippen LogP contribution < -0.4 is 5.73 Å². The van der Waals surface area contributed by atoms with Gasteiger partial charge in [0.1, 0.15) is 5.52 Å². The predicted octanol–water partition coefficient (Wildman–Crippen LogP) is 1.72. The van der Waals surface area contributed by atoms with Crippen molar-refractivity contribution in [1.82, 2.24) is 9.97 Å². The highest BCUT2D eigenvalue weighted by molar-refractivity contribution is 7.22. The van der Waals surface area contributed by atoms with E-state index in [1.165, 1.54) is 6.20 Å². The highest BCUT2D eigenvalue weighted by Crippen LogP contribution is 2.26. The first kappa shape index (κ1) is 7.42. The van der Waals surface area contributed by atoms with E-state index in [4.69, 9.17) is 5.73 Å². The summed E-state index contributed by atoms with van der Waals surface area (Å²) in [5, 5.41) is 0.372. The van der Waals surface area contributed by atoms with E-state index in [1.807, 2.05) is 0 Å². The Morgan fingerprint density at radius 3 is 3.08 bits per heavy atom. The molecule has 2 rings (SSSR count). The zero-order valence-electron chi connectivity index (χ0n) is 6.34. The Balaban J connectivity index is 2.89. The second-order valence-electron chi connectivity index (χ2n) is 2.42. The summed E-state index contributed by atoms with van der Waals surface area (Å²) >= 11 is 1.14. The summed E-state index contributed by atoms with van der Waals surface area (Å²) in [6.45, 7) is 1.62. The number of aryl methyl sites for hydroxylation is 1. The zero-order chi connectivity index (χ0) is 8.72. The van der Waals surface area contributed by atoms with Gasteiger partial charge in [-0.2, -0.15) is 0 Å². The molecular formula is C7H6FN3S. The maximum absolute atomic E-state index is 13.3. The molecule has 2 aromatic rings. The topological polar surface area (TPSA) is 51.8 Å². The lowest BCUT2D eigenvalue weighted by molar-refractivity contribution is 0.624. The van der Waals surface area contributed by atoms with E-state index >= 15 is 0 Å². The molecule has 0 saturated carbocycles. The van der Waals surface area contributed by atoms with Crippen LogP contribution in [0.15, 0.2) is 6.20 Å². The number of nitrogens with zero attached hydrogens (tertiary/aromatic N) is 2. The Bertz CT molecular complexity index is 437. The summed E-state index contributed by atoms with van der Waals surface area (Å²) in [5.41, 5.74) is 6.33. The first-order chi connectivity index (χ1) is 5.68. The quantitative estimate of drug-likeness (QED) is 0.676. The lowest BCUT2D eigenvalue weighted by atomic mass is 10.3. The highest BCUT2D eigenvalue weighted by Gasteiger charge is 2.09. The molecule has 0 aliphatic rings. The molecule has 0 radical (unpaired) electrons. The number of nitrogen functional groups attached to an aromatic ring is 1. The van der Waals surface area contributed by atoms with Crippen LogP contribution >= 0.6 is 11.3 Å². The lowest BCUT2D eigenvalue weighted by Gasteiger charge is -1.93. The number of hydrogen-bond donors (Lipinski definition) is 1. The monoisotopic (exact) mass is 183 g/mol. The minimum Gasteiger partial charge on any atom is -0.375 e. The molecule has 0 fully saturated rings. The maximum atomic E-state index is 13.3. The summed E-state index contributed by atoms with van der Waals surface area (Å²) in [7, 11) is 0. The van der Waals surface area contributed by atoms with Crippen molar-refractivity contribution in [1.29, 1.82) is 0 Å². The Morgan fingerprint density at radius 2 is 2.33 bits per heavy atom. The van der Waals surface area contributed by atoms with Crippen LogP contribution in [-0.4, -0.2) is 9.97 Å². The third-order valence-electron chi connectivity index (χ3n) is 1.57. The molecule has 3 nitrogen and oxygen atoms in total. The third kappa shape index (κ3) is 0.937. The summed E-state index contributed by atoms with van der Waals surface area (Å²) in [6, 6.07) is 0. The van der Waals surface area contributed by atoms with E-state index in [-0.39, 0.29) is 5.82 Å². The minimum atomic E-state index is -0.318. The van der Waals surface area contributed by atoms with Crippen LogP contribution in [0, 0.1) is 12.7 Å². The van der Waals surface area contributed by atoms with Crippen molar-refractivity contribution in [2.45, 2.75) is 6.92 Å². The molecule has 62 valence electrons. The Kier molecular flexibility index (Phi) is 1.47. The molecule has 12 heavy (non-hydrogen) atoms. The van der Waals surface area contributed by atoms with Crippen molar-refractivity contribution in [3.05, 3.63) is 17.7 Å². The Hall–Kier alpha value is -1.23. The van der Waals surface area contributed by atoms with Crippen LogP contribution in [-0.2, 0) is 0 Å². The number of nitrogens with two attached hydrogens (primary N) is 1. The molecular weight excluding hydrogens is 177 g/mol. The highest BCUT2D eigenvalue weighted by atomic mass is 32.1. The second kappa shape index (κ2) is 2.38. The number of anilines is 1. The maximum Gasteiger partial charge on any atom is 0.181 e. The van der Waals surface area contributed by atoms with Crippen LogP contribution in [0.5, 0.6) is 0 Å². The first-order valence-corrected chi connectivity index (χ1v) is 4.17. The van der Waals surface area contributed by atoms with Crippen molar-refractivity contribution in [3.8, 4) is 0 Å². The number of fused-ring (bicyclic) bond motifs is 1. The van der Waals surface area contributed by atoms with Gasteiger partial charge in [0.25, 0.3) is 0 Å². The molecule has 0 aliphatic carbocycles. The van der Waals surface area contributed by atoms with Crippen LogP contribution in [0.4, 0.5) is 9.52 Å². The molecule has 0 unspecified atom stereocenters.